The van der Waals surface area contributed by atoms with Crippen LogP contribution in [-0.2, 0) is 11.3 Å². The number of amides is 3. The molecule has 1 aliphatic carbocycles. The maximum Gasteiger partial charge on any atom is 0.321 e. The van der Waals surface area contributed by atoms with Crippen molar-refractivity contribution >= 4 is 11.9 Å². The highest BCUT2D eigenvalue weighted by molar-refractivity contribution is 5.96. The molecule has 3 rings (SSSR count). The Labute approximate surface area is 158 Å². The summed E-state index contributed by atoms with van der Waals surface area (Å²) in [5.74, 6) is -0.600. The number of hydrogen-bond donors (Lipinski definition) is 3. The molecule has 3 amide bonds. The number of hydrogen-bond acceptors (Lipinski definition) is 2. The average molecular weight is 370 g/mol. The first-order valence-corrected chi connectivity index (χ1v) is 9.32. The van der Waals surface area contributed by atoms with Crippen molar-refractivity contribution in [2.24, 2.45) is 0 Å². The van der Waals surface area contributed by atoms with Crippen LogP contribution in [0.4, 0.5) is 9.18 Å². The molecular weight excluding hydrogens is 345 g/mol. The van der Waals surface area contributed by atoms with Crippen LogP contribution in [0, 0.1) is 5.82 Å². The predicted molar refractivity (Wildman–Crippen MR) is 100 cm³/mol. The molecule has 3 N–H and O–H groups in total. The second-order valence-electron chi connectivity index (χ2n) is 6.84. The topological polar surface area (TPSA) is 62.6 Å². The lowest BCUT2D eigenvalue weighted by Crippen LogP contribution is -3.13. The molecular formula is C21H25FN3O2+. The lowest BCUT2D eigenvalue weighted by Gasteiger charge is -2.28. The Morgan fingerprint density at radius 3 is 2.37 bits per heavy atom. The Morgan fingerprint density at radius 1 is 1.11 bits per heavy atom. The van der Waals surface area contributed by atoms with Gasteiger partial charge < -0.3 is 10.2 Å². The Morgan fingerprint density at radius 2 is 1.78 bits per heavy atom. The van der Waals surface area contributed by atoms with E-state index in [1.54, 1.807) is 19.1 Å². The number of nitrogens with one attached hydrogen (secondary N) is 3. The fourth-order valence-corrected chi connectivity index (χ4v) is 3.34. The molecule has 142 valence electrons. The van der Waals surface area contributed by atoms with Crippen molar-refractivity contribution in [3.8, 4) is 0 Å². The van der Waals surface area contributed by atoms with Crippen LogP contribution in [0.2, 0.25) is 0 Å². The van der Waals surface area contributed by atoms with E-state index in [0.717, 1.165) is 28.9 Å². The molecule has 0 heterocycles. The van der Waals surface area contributed by atoms with Crippen LogP contribution >= 0.6 is 0 Å². The van der Waals surface area contributed by atoms with E-state index in [1.807, 2.05) is 30.3 Å². The van der Waals surface area contributed by atoms with E-state index in [1.165, 1.54) is 12.1 Å². The van der Waals surface area contributed by atoms with Crippen molar-refractivity contribution in [2.45, 2.75) is 38.4 Å². The Hall–Kier alpha value is -2.73. The predicted octanol–water partition coefficient (Wildman–Crippen LogP) is 1.96. The zero-order valence-corrected chi connectivity index (χ0v) is 15.4. The highest BCUT2D eigenvalue weighted by Gasteiger charge is 2.42. The van der Waals surface area contributed by atoms with Gasteiger partial charge in [0.15, 0.2) is 6.04 Å². The first kappa shape index (κ1) is 19.0. The number of benzene rings is 2. The zero-order valence-electron chi connectivity index (χ0n) is 15.4. The lowest BCUT2D eigenvalue weighted by molar-refractivity contribution is -0.946. The molecule has 5 nitrogen and oxygen atoms in total. The smallest absolute Gasteiger partial charge is 0.321 e. The minimum Gasteiger partial charge on any atom is -0.338 e. The normalized spacial score (nSPS) is 15.6. The van der Waals surface area contributed by atoms with E-state index < -0.39 is 12.1 Å². The van der Waals surface area contributed by atoms with Gasteiger partial charge in [-0.2, -0.15) is 0 Å². The second-order valence-corrected chi connectivity index (χ2v) is 6.84. The molecule has 1 aliphatic rings. The summed E-state index contributed by atoms with van der Waals surface area (Å²) in [4.78, 5) is 26.0. The molecule has 1 fully saturated rings. The van der Waals surface area contributed by atoms with Crippen LogP contribution < -0.4 is 15.5 Å². The molecule has 0 saturated heterocycles. The SMILES string of the molecule is CCNC(=O)NC(=O)[C@H](c1ccccc1)[NH+](Cc1ccc(F)cc1)C1CC1. The third kappa shape index (κ3) is 5.14. The van der Waals surface area contributed by atoms with Crippen LogP contribution in [-0.4, -0.2) is 24.5 Å². The van der Waals surface area contributed by atoms with Crippen molar-refractivity contribution in [3.05, 3.63) is 71.5 Å². The van der Waals surface area contributed by atoms with Crippen LogP contribution in [0.5, 0.6) is 0 Å². The van der Waals surface area contributed by atoms with E-state index in [9.17, 15) is 14.0 Å². The minimum atomic E-state index is -0.508. The van der Waals surface area contributed by atoms with Gasteiger partial charge in [0.2, 0.25) is 0 Å². The van der Waals surface area contributed by atoms with Crippen molar-refractivity contribution in [3.63, 3.8) is 0 Å². The van der Waals surface area contributed by atoms with Gasteiger partial charge in [-0.3, -0.25) is 10.1 Å². The number of carbonyl (C=O) groups is 2. The molecule has 27 heavy (non-hydrogen) atoms. The Balaban J connectivity index is 1.87. The van der Waals surface area contributed by atoms with E-state index in [0.29, 0.717) is 19.1 Å². The molecule has 2 aromatic carbocycles. The summed E-state index contributed by atoms with van der Waals surface area (Å²) in [6, 6.07) is 15.2. The van der Waals surface area contributed by atoms with Gasteiger partial charge in [-0.05, 0) is 19.1 Å². The van der Waals surface area contributed by atoms with Crippen molar-refractivity contribution in [1.82, 2.24) is 10.6 Å². The number of carbonyl (C=O) groups excluding carboxylic acids is 2. The number of quaternary nitrogens is 1. The fraction of sp³-hybridized carbons (Fsp3) is 0.333. The van der Waals surface area contributed by atoms with Gasteiger partial charge in [-0.1, -0.05) is 42.5 Å². The minimum absolute atomic E-state index is 0.277. The van der Waals surface area contributed by atoms with E-state index >= 15 is 0 Å². The lowest BCUT2D eigenvalue weighted by atomic mass is 10.0. The quantitative estimate of drug-likeness (QED) is 0.698. The largest absolute Gasteiger partial charge is 0.338 e. The van der Waals surface area contributed by atoms with E-state index in [2.05, 4.69) is 10.6 Å². The Bertz CT molecular complexity index is 776. The molecule has 0 aromatic heterocycles. The maximum atomic E-state index is 13.2. The third-order valence-corrected chi connectivity index (χ3v) is 4.76. The summed E-state index contributed by atoms with van der Waals surface area (Å²) >= 11 is 0. The van der Waals surface area contributed by atoms with Crippen molar-refractivity contribution in [2.75, 3.05) is 6.54 Å². The molecule has 2 atom stereocenters. The van der Waals surface area contributed by atoms with Gasteiger partial charge in [0, 0.05) is 30.5 Å². The van der Waals surface area contributed by atoms with E-state index in [-0.39, 0.29) is 11.7 Å². The summed E-state index contributed by atoms with van der Waals surface area (Å²) in [5.41, 5.74) is 1.83. The third-order valence-electron chi connectivity index (χ3n) is 4.76. The number of halogens is 1. The first-order valence-electron chi connectivity index (χ1n) is 9.32. The molecule has 0 radical (unpaired) electrons. The summed E-state index contributed by atoms with van der Waals surface area (Å²) < 4.78 is 13.2. The van der Waals surface area contributed by atoms with Gasteiger partial charge in [0.1, 0.15) is 12.4 Å². The number of imide groups is 1. The standard InChI is InChI=1S/C21H24FN3O2/c1-2-23-21(27)24-20(26)19(16-6-4-3-5-7-16)25(18-12-13-18)14-15-8-10-17(22)11-9-15/h3-11,18-19H,2,12-14H2,1H3,(H2,23,24,26,27)/p+1/t19-/m0/s1. The van der Waals surface area contributed by atoms with Gasteiger partial charge in [0.05, 0.1) is 6.04 Å². The van der Waals surface area contributed by atoms with Crippen molar-refractivity contribution in [1.29, 1.82) is 0 Å². The molecule has 0 aliphatic heterocycles. The Kier molecular flexibility index (Phi) is 6.19. The van der Waals surface area contributed by atoms with Gasteiger partial charge >= 0.3 is 6.03 Å². The molecule has 0 spiro atoms. The summed E-state index contributed by atoms with van der Waals surface area (Å²) in [5, 5.41) is 5.07. The molecule has 0 bridgehead atoms. The maximum absolute atomic E-state index is 13.2. The van der Waals surface area contributed by atoms with Crippen LogP contribution in [0.1, 0.15) is 36.9 Å². The van der Waals surface area contributed by atoms with Crippen molar-refractivity contribution < 1.29 is 18.9 Å². The van der Waals surface area contributed by atoms with Crippen LogP contribution in [0.3, 0.4) is 0 Å². The summed E-state index contributed by atoms with van der Waals surface area (Å²) in [7, 11) is 0. The van der Waals surface area contributed by atoms with Crippen LogP contribution in [0.15, 0.2) is 54.6 Å². The highest BCUT2D eigenvalue weighted by atomic mass is 19.1. The number of urea groups is 1. The van der Waals surface area contributed by atoms with Gasteiger partial charge in [-0.15, -0.1) is 0 Å². The highest BCUT2D eigenvalue weighted by Crippen LogP contribution is 2.21. The van der Waals surface area contributed by atoms with Gasteiger partial charge in [-0.25, -0.2) is 9.18 Å². The molecule has 6 heteroatoms. The zero-order chi connectivity index (χ0) is 19.2. The van der Waals surface area contributed by atoms with Crippen LogP contribution in [0.25, 0.3) is 0 Å². The van der Waals surface area contributed by atoms with E-state index in [4.69, 9.17) is 0 Å². The fourth-order valence-electron chi connectivity index (χ4n) is 3.34. The molecule has 2 aromatic rings. The number of rotatable bonds is 7. The monoisotopic (exact) mass is 370 g/mol. The van der Waals surface area contributed by atoms with Gasteiger partial charge in [0.25, 0.3) is 5.91 Å². The molecule has 1 saturated carbocycles. The summed E-state index contributed by atoms with van der Waals surface area (Å²) in [6.07, 6.45) is 2.07. The summed E-state index contributed by atoms with van der Waals surface area (Å²) in [6.45, 7) is 2.84. The second kappa shape index (κ2) is 8.77. The molecule has 1 unspecified atom stereocenters. The average Bonchev–Trinajstić information content (AvgIpc) is 3.49. The first-order chi connectivity index (χ1) is 13.1.